The van der Waals surface area contributed by atoms with E-state index < -0.39 is 24.7 Å². The monoisotopic (exact) mass is 426 g/mol. The molecule has 12 heteroatoms. The van der Waals surface area contributed by atoms with Crippen LogP contribution in [0.2, 0.25) is 5.82 Å². The Morgan fingerprint density at radius 1 is 1.40 bits per heavy atom. The fourth-order valence-electron chi connectivity index (χ4n) is 3.27. The fourth-order valence-corrected chi connectivity index (χ4v) is 4.04. The third kappa shape index (κ3) is 3.69. The van der Waals surface area contributed by atoms with Gasteiger partial charge in [-0.15, -0.1) is 11.3 Å². The topological polar surface area (TPSA) is 147 Å². The summed E-state index contributed by atoms with van der Waals surface area (Å²) in [5.41, 5.74) is 0.505. The van der Waals surface area contributed by atoms with E-state index in [0.29, 0.717) is 10.7 Å². The van der Waals surface area contributed by atoms with Crippen molar-refractivity contribution in [3.8, 4) is 10.9 Å². The number of ketones is 1. The molecule has 30 heavy (non-hydrogen) atoms. The van der Waals surface area contributed by atoms with E-state index in [1.54, 1.807) is 40.8 Å². The first kappa shape index (κ1) is 19.8. The van der Waals surface area contributed by atoms with Crippen LogP contribution >= 0.6 is 11.3 Å². The molecule has 10 nitrogen and oxygen atoms in total. The van der Waals surface area contributed by atoms with Gasteiger partial charge in [-0.25, -0.2) is 14.8 Å². The van der Waals surface area contributed by atoms with Crippen LogP contribution in [-0.2, 0) is 11.2 Å². The number of fused-ring (bicyclic) bond motifs is 1. The average molecular weight is 426 g/mol. The lowest BCUT2D eigenvalue weighted by molar-refractivity contribution is -0.113. The number of para-hydroxylation sites is 1. The number of hydrogen-bond donors (Lipinski definition) is 3. The Morgan fingerprint density at radius 3 is 2.93 bits per heavy atom. The summed E-state index contributed by atoms with van der Waals surface area (Å²) in [5.74, 6) is -2.23. The third-order valence-corrected chi connectivity index (χ3v) is 5.58. The number of Topliss-reactive ketones (excluding diaryl/α,β-unsaturated/α-hetero) is 1. The highest BCUT2D eigenvalue weighted by Crippen LogP contribution is 2.36. The summed E-state index contributed by atoms with van der Waals surface area (Å²) >= 11 is 1.25. The number of aromatic nitrogens is 3. The van der Waals surface area contributed by atoms with Crippen molar-refractivity contribution in [3.63, 3.8) is 0 Å². The Bertz CT molecular complexity index is 1130. The molecule has 1 aliphatic rings. The van der Waals surface area contributed by atoms with Gasteiger partial charge in [-0.1, -0.05) is 17.3 Å². The number of carboxylic acid groups (broad SMARTS) is 1. The average Bonchev–Trinajstić information content (AvgIpc) is 3.40. The summed E-state index contributed by atoms with van der Waals surface area (Å²) in [6, 6.07) is 4.65. The number of imidazole rings is 1. The molecule has 0 saturated carbocycles. The van der Waals surface area contributed by atoms with E-state index in [2.05, 4.69) is 15.1 Å². The normalized spacial score (nSPS) is 16.1. The molecule has 152 valence electrons. The number of thiazole rings is 1. The molecule has 4 rings (SSSR count). The number of nitrogens with zero attached hydrogens (tertiary/aromatic N) is 4. The van der Waals surface area contributed by atoms with Crippen LogP contribution in [0.3, 0.4) is 0 Å². The summed E-state index contributed by atoms with van der Waals surface area (Å²) in [7, 11) is -1.38. The second-order valence-corrected chi connectivity index (χ2v) is 7.47. The Hall–Kier alpha value is -3.51. The van der Waals surface area contributed by atoms with Crippen LogP contribution in [0.25, 0.3) is 5.13 Å². The maximum absolute atomic E-state index is 12.8. The molecule has 1 atom stereocenters. The molecule has 0 saturated heterocycles. The largest absolute Gasteiger partial charge is 0.535 e. The van der Waals surface area contributed by atoms with Gasteiger partial charge in [0.1, 0.15) is 17.8 Å². The number of carboxylic acids is 1. The number of aromatic carboxylic acids is 1. The van der Waals surface area contributed by atoms with Gasteiger partial charge >= 0.3 is 13.1 Å². The summed E-state index contributed by atoms with van der Waals surface area (Å²) in [6.45, 7) is 0. The zero-order chi connectivity index (χ0) is 21.3. The summed E-state index contributed by atoms with van der Waals surface area (Å²) in [4.78, 5) is 32.3. The van der Waals surface area contributed by atoms with Crippen molar-refractivity contribution in [2.24, 2.45) is 5.16 Å². The van der Waals surface area contributed by atoms with Crippen LogP contribution in [0.15, 0.2) is 47.5 Å². The third-order valence-electron chi connectivity index (χ3n) is 4.72. The van der Waals surface area contributed by atoms with Gasteiger partial charge in [-0.3, -0.25) is 9.36 Å². The molecular weight excluding hydrogens is 411 g/mol. The summed E-state index contributed by atoms with van der Waals surface area (Å²) < 4.78 is 7.06. The predicted octanol–water partition coefficient (Wildman–Crippen LogP) is 1.65. The van der Waals surface area contributed by atoms with Crippen LogP contribution < -0.4 is 4.65 Å². The number of hydrogen-bond acceptors (Lipinski definition) is 9. The highest BCUT2D eigenvalue weighted by Gasteiger charge is 2.38. The minimum Gasteiger partial charge on any atom is -0.535 e. The van der Waals surface area contributed by atoms with Crippen molar-refractivity contribution in [2.75, 3.05) is 0 Å². The number of benzene rings is 1. The molecule has 2 aromatic heterocycles. The van der Waals surface area contributed by atoms with Crippen molar-refractivity contribution in [1.29, 1.82) is 0 Å². The number of carbonyl (C=O) groups is 2. The maximum atomic E-state index is 12.8. The Balaban J connectivity index is 1.52. The van der Waals surface area contributed by atoms with Gasteiger partial charge in [-0.05, 0) is 18.1 Å². The smallest absolute Gasteiger partial charge is 0.526 e. The van der Waals surface area contributed by atoms with E-state index >= 15 is 0 Å². The van der Waals surface area contributed by atoms with Gasteiger partial charge in [0.15, 0.2) is 16.6 Å². The number of oxime groups is 1. The van der Waals surface area contributed by atoms with Crippen molar-refractivity contribution in [2.45, 2.75) is 18.7 Å². The van der Waals surface area contributed by atoms with E-state index in [1.807, 2.05) is 0 Å². The first-order valence-corrected chi connectivity index (χ1v) is 9.75. The number of carbonyl (C=O) groups excluding carboxylic acids is 1. The minimum atomic E-state index is -1.38. The Labute approximate surface area is 174 Å². The van der Waals surface area contributed by atoms with Crippen LogP contribution in [0.1, 0.15) is 28.0 Å². The molecule has 0 radical (unpaired) electrons. The van der Waals surface area contributed by atoms with Crippen molar-refractivity contribution in [3.05, 3.63) is 59.1 Å². The van der Waals surface area contributed by atoms with E-state index in [-0.39, 0.29) is 35.6 Å². The van der Waals surface area contributed by atoms with E-state index in [0.717, 1.165) is 0 Å². The van der Waals surface area contributed by atoms with Gasteiger partial charge < -0.3 is 20.0 Å². The van der Waals surface area contributed by atoms with Crippen LogP contribution in [0, 0.1) is 0 Å². The lowest BCUT2D eigenvalue weighted by Crippen LogP contribution is -2.36. The van der Waals surface area contributed by atoms with Crippen LogP contribution in [-0.4, -0.2) is 54.5 Å². The zero-order valence-electron chi connectivity index (χ0n) is 15.4. The first-order valence-electron chi connectivity index (χ1n) is 8.87. The quantitative estimate of drug-likeness (QED) is 0.233. The summed E-state index contributed by atoms with van der Waals surface area (Å²) in [5, 5.41) is 34.2. The molecule has 3 heterocycles. The van der Waals surface area contributed by atoms with Crippen molar-refractivity contribution < 1.29 is 29.6 Å². The number of rotatable bonds is 6. The van der Waals surface area contributed by atoms with E-state index in [1.165, 1.54) is 17.4 Å². The highest BCUT2D eigenvalue weighted by atomic mass is 32.1. The lowest BCUT2D eigenvalue weighted by atomic mass is 9.64. The van der Waals surface area contributed by atoms with Gasteiger partial charge in [0.05, 0.1) is 5.56 Å². The molecule has 0 amide bonds. The minimum absolute atomic E-state index is 0.0524. The van der Waals surface area contributed by atoms with Gasteiger partial charge in [0, 0.05) is 30.0 Å². The van der Waals surface area contributed by atoms with Gasteiger partial charge in [0.25, 0.3) is 0 Å². The zero-order valence-corrected chi connectivity index (χ0v) is 16.2. The first-order chi connectivity index (χ1) is 14.5. The van der Waals surface area contributed by atoms with Crippen molar-refractivity contribution >= 4 is 35.9 Å². The standard InChI is InChI=1S/C18H15BN4O6S/c24-14(15(22-28)13-8-30-18(21-13)23-5-4-20-9-23)7-11-6-10-2-1-3-12(17(25)26)16(10)29-19(11)27/h1-5,8-9,11,27-28H,6-7H2,(H,25,26)/t11-/m1/s1. The molecule has 0 spiro atoms. The highest BCUT2D eigenvalue weighted by molar-refractivity contribution is 7.12. The molecule has 1 aromatic carbocycles. The maximum Gasteiger partial charge on any atom is 0.526 e. The van der Waals surface area contributed by atoms with Gasteiger partial charge in [-0.2, -0.15) is 0 Å². The SMILES string of the molecule is O=C(C[C@H]1Cc2cccc(C(=O)O)c2OB1O)C(=NO)c1csc(-n2ccnc2)n1. The molecule has 3 N–H and O–H groups in total. The molecule has 1 aliphatic heterocycles. The summed E-state index contributed by atoms with van der Waals surface area (Å²) in [6.07, 6.45) is 4.90. The molecule has 0 bridgehead atoms. The molecule has 0 unspecified atom stereocenters. The van der Waals surface area contributed by atoms with Gasteiger partial charge in [0.2, 0.25) is 0 Å². The fraction of sp³-hybridized carbons (Fsp3) is 0.167. The van der Waals surface area contributed by atoms with Crippen LogP contribution in [0.4, 0.5) is 0 Å². The molecular formula is C18H15BN4O6S. The Morgan fingerprint density at radius 2 is 2.23 bits per heavy atom. The second-order valence-electron chi connectivity index (χ2n) is 6.63. The second kappa shape index (κ2) is 8.09. The Kier molecular flexibility index (Phi) is 5.34. The molecule has 3 aromatic rings. The van der Waals surface area contributed by atoms with Crippen LogP contribution in [0.5, 0.6) is 5.75 Å². The molecule has 0 aliphatic carbocycles. The van der Waals surface area contributed by atoms with E-state index in [4.69, 9.17) is 4.65 Å². The predicted molar refractivity (Wildman–Crippen MR) is 107 cm³/mol. The molecule has 0 fully saturated rings. The van der Waals surface area contributed by atoms with Crippen molar-refractivity contribution in [1.82, 2.24) is 14.5 Å². The van der Waals surface area contributed by atoms with E-state index in [9.17, 15) is 24.9 Å². The lowest BCUT2D eigenvalue weighted by Gasteiger charge is -2.27.